The molecule has 1 rings (SSSR count). The highest BCUT2D eigenvalue weighted by Gasteiger charge is 2.24. The average Bonchev–Trinajstić information content (AvgIpc) is 2.06. The van der Waals surface area contributed by atoms with Gasteiger partial charge in [-0.3, -0.25) is 0 Å². The minimum absolute atomic E-state index is 0.731. The summed E-state index contributed by atoms with van der Waals surface area (Å²) in [6.45, 7) is 0. The fourth-order valence-electron chi connectivity index (χ4n) is 0.132. The van der Waals surface area contributed by atoms with Gasteiger partial charge in [0.15, 0.2) is 0 Å². The predicted molar refractivity (Wildman–Crippen MR) is 16.3 cm³/mol. The molecule has 6 heavy (non-hydrogen) atoms. The zero-order chi connectivity index (χ0) is 4.57. The van der Waals surface area contributed by atoms with Gasteiger partial charge in [0.2, 0.25) is 0 Å². The van der Waals surface area contributed by atoms with Gasteiger partial charge in [-0.05, 0) is 0 Å². The van der Waals surface area contributed by atoms with Crippen LogP contribution in [0.15, 0.2) is 10.2 Å². The van der Waals surface area contributed by atoms with E-state index in [0.717, 1.165) is 0 Å². The van der Waals surface area contributed by atoms with Gasteiger partial charge in [-0.25, -0.2) is 4.79 Å². The van der Waals surface area contributed by atoms with E-state index in [4.69, 9.17) is 5.11 Å². The van der Waals surface area contributed by atoms with Gasteiger partial charge in [0.1, 0.15) is 0 Å². The molecule has 0 saturated carbocycles. The third-order valence-corrected chi connectivity index (χ3v) is 0.452. The molecule has 1 N–H and O–H groups in total. The lowest BCUT2D eigenvalue weighted by Crippen LogP contribution is -2.02. The molecule has 1 aliphatic rings. The van der Waals surface area contributed by atoms with E-state index in [1.807, 2.05) is 0 Å². The lowest BCUT2D eigenvalue weighted by molar-refractivity contribution is -0.136. The minimum Gasteiger partial charge on any atom is -0.478 e. The van der Waals surface area contributed by atoms with Crippen LogP contribution >= 0.6 is 0 Å². The summed E-state index contributed by atoms with van der Waals surface area (Å²) in [5.74, 6) is -0.963. The topological polar surface area (TPSA) is 62.0 Å². The second-order valence-electron chi connectivity index (χ2n) is 0.943. The molecule has 0 unspecified atom stereocenters. The lowest BCUT2D eigenvalue weighted by Gasteiger charge is -1.71. The molecule has 0 spiro atoms. The van der Waals surface area contributed by atoms with Crippen LogP contribution < -0.4 is 0 Å². The fourth-order valence-corrected chi connectivity index (χ4v) is 0.132. The normalized spacial score (nSPS) is 18.0. The monoisotopic (exact) mass is 86.0 g/mol. The van der Waals surface area contributed by atoms with Crippen molar-refractivity contribution in [1.82, 2.24) is 0 Å². The first-order chi connectivity index (χ1) is 2.80. The Morgan fingerprint density at radius 2 is 2.17 bits per heavy atom. The lowest BCUT2D eigenvalue weighted by atomic mass is 10.6. The zero-order valence-corrected chi connectivity index (χ0v) is 2.83. The summed E-state index contributed by atoms with van der Waals surface area (Å²) < 4.78 is 0. The Morgan fingerprint density at radius 3 is 2.17 bits per heavy atom. The van der Waals surface area contributed by atoms with Crippen LogP contribution in [0.4, 0.5) is 0 Å². The molecule has 0 aromatic rings. The molecule has 0 aromatic carbocycles. The van der Waals surface area contributed by atoms with Crippen molar-refractivity contribution in [3.63, 3.8) is 0 Å². The number of nitrogens with zero attached hydrogens (tertiary/aromatic N) is 2. The first-order valence-electron chi connectivity index (χ1n) is 1.43. The Morgan fingerprint density at radius 1 is 1.67 bits per heavy atom. The number of hydrogen-bond donors (Lipinski definition) is 1. The van der Waals surface area contributed by atoms with E-state index in [1.165, 1.54) is 0 Å². The van der Waals surface area contributed by atoms with Crippen LogP contribution in [0.1, 0.15) is 0 Å². The van der Waals surface area contributed by atoms with Gasteiger partial charge in [-0.2, -0.15) is 0 Å². The van der Waals surface area contributed by atoms with E-state index in [0.29, 0.717) is 0 Å². The predicted octanol–water partition coefficient (Wildman–Crippen LogP) is -0.137. The summed E-state index contributed by atoms with van der Waals surface area (Å²) in [6, 6.07) is 0. The number of rotatable bonds is 1. The number of carbonyl (C=O) groups is 1. The van der Waals surface area contributed by atoms with E-state index in [1.54, 1.807) is 0 Å². The maximum Gasteiger partial charge on any atom is 0.354 e. The van der Waals surface area contributed by atoms with Crippen LogP contribution in [0.3, 0.4) is 0 Å². The second kappa shape index (κ2) is 0.767. The molecule has 4 nitrogen and oxygen atoms in total. The van der Waals surface area contributed by atoms with Crippen LogP contribution in [-0.4, -0.2) is 17.2 Å². The van der Waals surface area contributed by atoms with Crippen LogP contribution in [0.25, 0.3) is 0 Å². The minimum atomic E-state index is -0.963. The van der Waals surface area contributed by atoms with Crippen LogP contribution in [0.2, 0.25) is 0 Å². The molecular weight excluding hydrogens is 84.0 g/mol. The summed E-state index contributed by atoms with van der Waals surface area (Å²) in [5.41, 5.74) is 0. The largest absolute Gasteiger partial charge is 0.478 e. The van der Waals surface area contributed by atoms with Gasteiger partial charge >= 0.3 is 5.97 Å². The summed E-state index contributed by atoms with van der Waals surface area (Å²) in [5, 5.41) is 14.1. The number of carboxylic acids is 1. The van der Waals surface area contributed by atoms with E-state index in [-0.39, 0.29) is 0 Å². The summed E-state index contributed by atoms with van der Waals surface area (Å²) in [7, 11) is 0. The molecule has 1 aliphatic heterocycles. The Labute approximate surface area is 33.5 Å². The van der Waals surface area contributed by atoms with Crippen molar-refractivity contribution in [2.45, 2.75) is 6.17 Å². The van der Waals surface area contributed by atoms with E-state index in [9.17, 15) is 4.79 Å². The van der Waals surface area contributed by atoms with E-state index >= 15 is 0 Å². The third kappa shape index (κ3) is 0.357. The van der Waals surface area contributed by atoms with Crippen LogP contribution in [-0.2, 0) is 4.79 Å². The molecule has 0 amide bonds. The molecule has 1 heterocycles. The highest BCUT2D eigenvalue weighted by molar-refractivity contribution is 5.74. The van der Waals surface area contributed by atoms with Gasteiger partial charge in [0.05, 0.1) is 0 Å². The van der Waals surface area contributed by atoms with Crippen molar-refractivity contribution in [1.29, 1.82) is 0 Å². The number of aliphatic carboxylic acids is 1. The van der Waals surface area contributed by atoms with E-state index < -0.39 is 12.1 Å². The number of hydrogen-bond acceptors (Lipinski definition) is 3. The van der Waals surface area contributed by atoms with E-state index in [2.05, 4.69) is 10.2 Å². The Kier molecular flexibility index (Phi) is 0.418. The quantitative estimate of drug-likeness (QED) is 0.482. The molecule has 0 aliphatic carbocycles. The smallest absolute Gasteiger partial charge is 0.354 e. The highest BCUT2D eigenvalue weighted by atomic mass is 16.4. The molecular formula is C2H2N2O2. The standard InChI is InChI=1S/C2H2N2O2/c5-2(6)1-3-4-1/h1H,(H,5,6). The van der Waals surface area contributed by atoms with Crippen LogP contribution in [0, 0.1) is 0 Å². The Bertz CT molecular complexity index is 102. The Balaban J connectivity index is 2.35. The SMILES string of the molecule is O=C(O)C1N=N1. The molecule has 0 aromatic heterocycles. The van der Waals surface area contributed by atoms with Gasteiger partial charge in [0, 0.05) is 0 Å². The molecule has 0 saturated heterocycles. The van der Waals surface area contributed by atoms with Crippen molar-refractivity contribution < 1.29 is 9.90 Å². The summed E-state index contributed by atoms with van der Waals surface area (Å²) in [4.78, 5) is 9.57. The maximum atomic E-state index is 9.57. The van der Waals surface area contributed by atoms with Gasteiger partial charge < -0.3 is 5.11 Å². The van der Waals surface area contributed by atoms with Gasteiger partial charge in [-0.1, -0.05) is 0 Å². The van der Waals surface area contributed by atoms with Gasteiger partial charge in [0.25, 0.3) is 6.17 Å². The zero-order valence-electron chi connectivity index (χ0n) is 2.83. The molecule has 0 atom stereocenters. The van der Waals surface area contributed by atoms with Crippen molar-refractivity contribution in [3.05, 3.63) is 0 Å². The first kappa shape index (κ1) is 3.27. The van der Waals surface area contributed by atoms with Crippen molar-refractivity contribution in [2.24, 2.45) is 10.2 Å². The fraction of sp³-hybridized carbons (Fsp3) is 0.500. The molecule has 4 heteroatoms. The molecule has 0 fully saturated rings. The van der Waals surface area contributed by atoms with Crippen molar-refractivity contribution >= 4 is 5.97 Å². The molecule has 32 valence electrons. The average molecular weight is 86.1 g/mol. The van der Waals surface area contributed by atoms with Crippen molar-refractivity contribution in [2.75, 3.05) is 0 Å². The first-order valence-corrected chi connectivity index (χ1v) is 1.43. The molecule has 0 radical (unpaired) electrons. The second-order valence-corrected chi connectivity index (χ2v) is 0.943. The molecule has 0 bridgehead atoms. The van der Waals surface area contributed by atoms with Gasteiger partial charge in [-0.15, -0.1) is 10.2 Å². The summed E-state index contributed by atoms with van der Waals surface area (Å²) in [6.07, 6.45) is -0.731. The van der Waals surface area contributed by atoms with Crippen LogP contribution in [0.5, 0.6) is 0 Å². The third-order valence-electron chi connectivity index (χ3n) is 0.452. The van der Waals surface area contributed by atoms with Crippen molar-refractivity contribution in [3.8, 4) is 0 Å². The Hall–Kier alpha value is -0.930. The number of carboxylic acid groups (broad SMARTS) is 1. The maximum absolute atomic E-state index is 9.57. The highest BCUT2D eigenvalue weighted by Crippen LogP contribution is 2.07. The summed E-state index contributed by atoms with van der Waals surface area (Å²) >= 11 is 0.